The lowest BCUT2D eigenvalue weighted by Crippen LogP contribution is -2.43. The molecule has 1 aliphatic heterocycles. The summed E-state index contributed by atoms with van der Waals surface area (Å²) in [5, 5.41) is 20.0. The summed E-state index contributed by atoms with van der Waals surface area (Å²) in [5.74, 6) is 2.42. The van der Waals surface area contributed by atoms with Gasteiger partial charge in [0.25, 0.3) is 0 Å². The highest BCUT2D eigenvalue weighted by Gasteiger charge is 2.30. The van der Waals surface area contributed by atoms with Gasteiger partial charge in [-0.3, -0.25) is 4.99 Å². The first-order valence-electron chi connectivity index (χ1n) is 11.0. The number of rotatable bonds is 8. The van der Waals surface area contributed by atoms with Gasteiger partial charge in [-0.15, -0.1) is 0 Å². The zero-order valence-corrected chi connectivity index (χ0v) is 18.7. The first-order valence-corrected chi connectivity index (χ1v) is 11.0. The van der Waals surface area contributed by atoms with Crippen LogP contribution in [-0.4, -0.2) is 54.7 Å². The highest BCUT2D eigenvalue weighted by Crippen LogP contribution is 2.35. The lowest BCUT2D eigenvalue weighted by atomic mass is 9.99. The minimum absolute atomic E-state index is 0.268. The summed E-state index contributed by atoms with van der Waals surface area (Å²) in [7, 11) is 1.64. The third-order valence-corrected chi connectivity index (χ3v) is 6.09. The van der Waals surface area contributed by atoms with E-state index in [1.807, 2.05) is 37.3 Å². The summed E-state index contributed by atoms with van der Waals surface area (Å²) in [5.41, 5.74) is 9.02. The molecule has 2 aromatic carbocycles. The molecule has 33 heavy (non-hydrogen) atoms. The molecule has 0 amide bonds. The Kier molecular flexibility index (Phi) is 5.44. The molecule has 0 atom stereocenters. The van der Waals surface area contributed by atoms with Crippen LogP contribution in [0.2, 0.25) is 0 Å². The monoisotopic (exact) mass is 449 g/mol. The summed E-state index contributed by atoms with van der Waals surface area (Å²) >= 11 is 0. The number of aryl methyl sites for hydroxylation is 1. The van der Waals surface area contributed by atoms with Crippen molar-refractivity contribution in [1.82, 2.24) is 0 Å². The zero-order chi connectivity index (χ0) is 23.2. The Morgan fingerprint density at radius 1 is 1.12 bits per heavy atom. The quantitative estimate of drug-likeness (QED) is 0.486. The van der Waals surface area contributed by atoms with Crippen LogP contribution in [0.15, 0.2) is 50.8 Å². The number of aliphatic imine (C=N–C) groups is 2. The Labute approximate surface area is 191 Å². The number of nitrogens with two attached hydrogens (primary N) is 1. The summed E-state index contributed by atoms with van der Waals surface area (Å²) in [6, 6.07) is 11.4. The van der Waals surface area contributed by atoms with Crippen LogP contribution in [0, 0.1) is 6.92 Å². The zero-order valence-electron chi connectivity index (χ0n) is 18.7. The third kappa shape index (κ3) is 4.01. The summed E-state index contributed by atoms with van der Waals surface area (Å²) in [6.07, 6.45) is 2.41. The van der Waals surface area contributed by atoms with Crippen molar-refractivity contribution in [3.05, 3.63) is 58.8 Å². The number of amidine groups is 1. The molecule has 1 saturated carbocycles. The van der Waals surface area contributed by atoms with Crippen LogP contribution in [0.1, 0.15) is 35.3 Å². The molecule has 1 aliphatic carbocycles. The molecule has 0 bridgehead atoms. The number of ether oxygens (including phenoxy) is 2. The van der Waals surface area contributed by atoms with Crippen LogP contribution in [0.3, 0.4) is 0 Å². The van der Waals surface area contributed by atoms with Crippen LogP contribution in [0.4, 0.5) is 0 Å². The van der Waals surface area contributed by atoms with Gasteiger partial charge in [-0.1, -0.05) is 0 Å². The molecule has 0 spiro atoms. The fourth-order valence-corrected chi connectivity index (χ4v) is 3.84. The third-order valence-electron chi connectivity index (χ3n) is 6.09. The van der Waals surface area contributed by atoms with Gasteiger partial charge in [-0.2, -0.15) is 0 Å². The number of aliphatic hydroxyl groups excluding tert-OH is 2. The molecule has 172 valence electrons. The minimum Gasteiger partial charge on any atom is -0.493 e. The molecule has 1 fully saturated rings. The molecule has 1 aromatic heterocycles. The van der Waals surface area contributed by atoms with Crippen LogP contribution in [-0.2, 0) is 5.54 Å². The number of benzene rings is 2. The molecule has 4 N–H and O–H groups in total. The normalized spacial score (nSPS) is 16.2. The molecule has 2 heterocycles. The number of aliphatic hydroxyl groups is 2. The van der Waals surface area contributed by atoms with E-state index in [2.05, 4.69) is 4.99 Å². The van der Waals surface area contributed by atoms with Crippen molar-refractivity contribution in [1.29, 1.82) is 0 Å². The average molecular weight is 450 g/mol. The van der Waals surface area contributed by atoms with Gasteiger partial charge >= 0.3 is 0 Å². The van der Waals surface area contributed by atoms with Gasteiger partial charge in [0.1, 0.15) is 16.9 Å². The van der Waals surface area contributed by atoms with E-state index in [0.717, 1.165) is 46.4 Å². The van der Waals surface area contributed by atoms with E-state index in [9.17, 15) is 10.2 Å². The van der Waals surface area contributed by atoms with Gasteiger partial charge in [0.15, 0.2) is 17.3 Å². The van der Waals surface area contributed by atoms with Crippen molar-refractivity contribution in [2.45, 2.75) is 31.4 Å². The van der Waals surface area contributed by atoms with Crippen LogP contribution in [0.25, 0.3) is 11.0 Å². The lowest BCUT2D eigenvalue weighted by Gasteiger charge is -2.21. The molecular weight excluding hydrogens is 422 g/mol. The van der Waals surface area contributed by atoms with Gasteiger partial charge in [-0.25, -0.2) is 4.99 Å². The van der Waals surface area contributed by atoms with Gasteiger partial charge in [0.05, 0.1) is 38.7 Å². The van der Waals surface area contributed by atoms with Crippen LogP contribution in [0.5, 0.6) is 11.5 Å². The van der Waals surface area contributed by atoms with Crippen molar-refractivity contribution in [2.24, 2.45) is 15.7 Å². The van der Waals surface area contributed by atoms with Crippen molar-refractivity contribution >= 4 is 22.5 Å². The van der Waals surface area contributed by atoms with Gasteiger partial charge in [0, 0.05) is 16.5 Å². The number of hydrogen-bond acceptors (Lipinski definition) is 8. The van der Waals surface area contributed by atoms with Crippen molar-refractivity contribution in [3.8, 4) is 11.5 Å². The van der Waals surface area contributed by atoms with E-state index >= 15 is 0 Å². The molecule has 8 heteroatoms. The Balaban J connectivity index is 1.46. The smallest absolute Gasteiger partial charge is 0.162 e. The number of methoxy groups -OCH3 is 1. The second-order valence-corrected chi connectivity index (χ2v) is 8.67. The number of nitrogens with zero attached hydrogens (tertiary/aromatic N) is 2. The fraction of sp³-hybridized carbons (Fsp3) is 0.360. The molecule has 0 unspecified atom stereocenters. The van der Waals surface area contributed by atoms with Gasteiger partial charge < -0.3 is 29.8 Å². The standard InChI is InChI=1S/C25H27N3O5/c1-14-7-21-16(10-23(33-21)25(26,12-29)13-30)8-18(14)24-27-11-19(28-24)15-3-6-20(31-2)22(9-15)32-17-4-5-17/h3,6-10,17,29-30H,4-5,11-13,26H2,1-2H3. The van der Waals surface area contributed by atoms with Crippen LogP contribution >= 0.6 is 0 Å². The first-order chi connectivity index (χ1) is 15.9. The Hall–Kier alpha value is -3.20. The predicted molar refractivity (Wildman–Crippen MR) is 126 cm³/mol. The molecule has 5 rings (SSSR count). The molecule has 3 aromatic rings. The van der Waals surface area contributed by atoms with Gasteiger partial charge in [-0.05, 0) is 61.7 Å². The number of furan rings is 1. The van der Waals surface area contributed by atoms with Crippen molar-refractivity contribution in [2.75, 3.05) is 26.9 Å². The molecule has 8 nitrogen and oxygen atoms in total. The van der Waals surface area contributed by atoms with Gasteiger partial charge in [0.2, 0.25) is 0 Å². The Bertz CT molecular complexity index is 1270. The maximum Gasteiger partial charge on any atom is 0.162 e. The van der Waals surface area contributed by atoms with Crippen molar-refractivity contribution in [3.63, 3.8) is 0 Å². The SMILES string of the molecule is COc1ccc(C2=NC(c3cc4cc(C(N)(CO)CO)oc4cc3C)=NC2)cc1OC1CC1. The second-order valence-electron chi connectivity index (χ2n) is 8.67. The Morgan fingerprint density at radius 2 is 1.91 bits per heavy atom. The van der Waals surface area contributed by atoms with Crippen LogP contribution < -0.4 is 15.2 Å². The first kappa shape index (κ1) is 21.6. The van der Waals surface area contributed by atoms with E-state index in [0.29, 0.717) is 29.5 Å². The minimum atomic E-state index is -1.34. The Morgan fingerprint density at radius 3 is 2.61 bits per heavy atom. The maximum absolute atomic E-state index is 9.59. The molecule has 0 saturated heterocycles. The highest BCUT2D eigenvalue weighted by atomic mass is 16.5. The lowest BCUT2D eigenvalue weighted by molar-refractivity contribution is 0.105. The summed E-state index contributed by atoms with van der Waals surface area (Å²) in [6.45, 7) is 1.59. The van der Waals surface area contributed by atoms with E-state index in [1.54, 1.807) is 13.2 Å². The second kappa shape index (κ2) is 8.30. The molecule has 0 radical (unpaired) electrons. The topological polar surface area (TPSA) is 123 Å². The largest absolute Gasteiger partial charge is 0.493 e. The van der Waals surface area contributed by atoms with Crippen molar-refractivity contribution < 1.29 is 24.1 Å². The number of hydrogen-bond donors (Lipinski definition) is 3. The number of fused-ring (bicyclic) bond motifs is 1. The van der Waals surface area contributed by atoms with E-state index in [1.165, 1.54) is 0 Å². The predicted octanol–water partition coefficient (Wildman–Crippen LogP) is 2.68. The molecular formula is C25H27N3O5. The van der Waals surface area contributed by atoms with E-state index < -0.39 is 18.8 Å². The highest BCUT2D eigenvalue weighted by molar-refractivity contribution is 6.18. The molecule has 2 aliphatic rings. The van der Waals surface area contributed by atoms with E-state index in [4.69, 9.17) is 24.6 Å². The summed E-state index contributed by atoms with van der Waals surface area (Å²) < 4.78 is 17.3. The summed E-state index contributed by atoms with van der Waals surface area (Å²) in [4.78, 5) is 9.48. The maximum atomic E-state index is 9.59. The van der Waals surface area contributed by atoms with E-state index in [-0.39, 0.29) is 6.10 Å². The average Bonchev–Trinajstić information content (AvgIpc) is 3.33. The fourth-order valence-electron chi connectivity index (χ4n) is 3.84.